The molecule has 0 aliphatic carbocycles. The lowest BCUT2D eigenvalue weighted by Crippen LogP contribution is -2.46. The van der Waals surface area contributed by atoms with Gasteiger partial charge in [-0.3, -0.25) is 4.79 Å². The largest absolute Gasteiger partial charge is 0.480 e. The summed E-state index contributed by atoms with van der Waals surface area (Å²) in [4.78, 5) is 11.1. The van der Waals surface area contributed by atoms with Gasteiger partial charge in [-0.25, -0.2) is 8.42 Å². The smallest absolute Gasteiger partial charge is 0.321 e. The van der Waals surface area contributed by atoms with Crippen LogP contribution in [0.25, 0.3) is 0 Å². The van der Waals surface area contributed by atoms with Crippen LogP contribution in [-0.2, 0) is 20.0 Å². The number of aliphatic carboxylic acids is 1. The zero-order chi connectivity index (χ0) is 14.1. The van der Waals surface area contributed by atoms with Gasteiger partial charge in [0.2, 0.25) is 0 Å². The highest BCUT2D eigenvalue weighted by Crippen LogP contribution is 2.27. The summed E-state index contributed by atoms with van der Waals surface area (Å²) in [5.41, 5.74) is 5.54. The standard InChI is InChI=1S/C12H17NO4S/c1-12(2,10(13)11(14)15)8-4-6-9(7-5-8)18(3,16)17/h4-7,10H,13H2,1-3H3,(H,14,15). The molecule has 0 fully saturated rings. The lowest BCUT2D eigenvalue weighted by atomic mass is 9.78. The highest BCUT2D eigenvalue weighted by molar-refractivity contribution is 7.90. The molecule has 0 aromatic heterocycles. The van der Waals surface area contributed by atoms with Gasteiger partial charge in [-0.15, -0.1) is 0 Å². The van der Waals surface area contributed by atoms with E-state index < -0.39 is 27.3 Å². The summed E-state index contributed by atoms with van der Waals surface area (Å²) >= 11 is 0. The van der Waals surface area contributed by atoms with Gasteiger partial charge >= 0.3 is 5.97 Å². The third-order valence-electron chi connectivity index (χ3n) is 3.07. The molecule has 6 heteroatoms. The molecule has 0 radical (unpaired) electrons. The third kappa shape index (κ3) is 2.88. The minimum Gasteiger partial charge on any atom is -0.480 e. The average molecular weight is 271 g/mol. The van der Waals surface area contributed by atoms with Crippen LogP contribution < -0.4 is 5.73 Å². The zero-order valence-corrected chi connectivity index (χ0v) is 11.4. The quantitative estimate of drug-likeness (QED) is 0.843. The number of hydrogen-bond acceptors (Lipinski definition) is 4. The average Bonchev–Trinajstić information content (AvgIpc) is 2.26. The monoisotopic (exact) mass is 271 g/mol. The Kier molecular flexibility index (Phi) is 3.83. The second-order valence-electron chi connectivity index (χ2n) is 4.83. The van der Waals surface area contributed by atoms with E-state index in [1.54, 1.807) is 26.0 Å². The Balaban J connectivity index is 3.16. The van der Waals surface area contributed by atoms with Crippen LogP contribution in [-0.4, -0.2) is 31.8 Å². The molecule has 0 spiro atoms. The number of sulfone groups is 1. The van der Waals surface area contributed by atoms with Gasteiger partial charge in [-0.1, -0.05) is 26.0 Å². The SMILES string of the molecule is CC(C)(c1ccc(S(C)(=O)=O)cc1)C(N)C(=O)O. The Labute approximate surface area is 107 Å². The van der Waals surface area contributed by atoms with E-state index in [2.05, 4.69) is 0 Å². The van der Waals surface area contributed by atoms with Crippen LogP contribution >= 0.6 is 0 Å². The fraction of sp³-hybridized carbons (Fsp3) is 0.417. The first kappa shape index (κ1) is 14.7. The molecular formula is C12H17NO4S. The maximum atomic E-state index is 11.3. The van der Waals surface area contributed by atoms with Crippen molar-refractivity contribution < 1.29 is 18.3 Å². The Morgan fingerprint density at radius 2 is 1.72 bits per heavy atom. The molecule has 1 unspecified atom stereocenters. The summed E-state index contributed by atoms with van der Waals surface area (Å²) in [7, 11) is -3.25. The van der Waals surface area contributed by atoms with Gasteiger partial charge in [0.25, 0.3) is 0 Å². The summed E-state index contributed by atoms with van der Waals surface area (Å²) in [6.45, 7) is 3.42. The normalized spacial score (nSPS) is 14.2. The van der Waals surface area contributed by atoms with Crippen molar-refractivity contribution in [3.63, 3.8) is 0 Å². The van der Waals surface area contributed by atoms with Crippen LogP contribution in [0, 0.1) is 0 Å². The van der Waals surface area contributed by atoms with Crippen molar-refractivity contribution in [3.8, 4) is 0 Å². The van der Waals surface area contributed by atoms with E-state index in [0.717, 1.165) is 6.26 Å². The van der Waals surface area contributed by atoms with Crippen LogP contribution in [0.4, 0.5) is 0 Å². The minimum atomic E-state index is -3.25. The van der Waals surface area contributed by atoms with Crippen molar-refractivity contribution in [2.75, 3.05) is 6.26 Å². The molecule has 1 atom stereocenters. The molecule has 3 N–H and O–H groups in total. The number of carboxylic acids is 1. The summed E-state index contributed by atoms with van der Waals surface area (Å²) in [5.74, 6) is -1.09. The highest BCUT2D eigenvalue weighted by atomic mass is 32.2. The molecule has 18 heavy (non-hydrogen) atoms. The number of carbonyl (C=O) groups is 1. The number of benzene rings is 1. The Bertz CT molecular complexity index is 546. The molecule has 100 valence electrons. The van der Waals surface area contributed by atoms with Crippen molar-refractivity contribution in [1.82, 2.24) is 0 Å². The van der Waals surface area contributed by atoms with Crippen LogP contribution in [0.15, 0.2) is 29.2 Å². The van der Waals surface area contributed by atoms with Gasteiger partial charge in [-0.05, 0) is 17.7 Å². The maximum Gasteiger partial charge on any atom is 0.321 e. The summed E-state index contributed by atoms with van der Waals surface area (Å²) in [6, 6.07) is 5.06. The number of hydrogen-bond donors (Lipinski definition) is 2. The molecule has 1 aromatic rings. The molecule has 0 bridgehead atoms. The van der Waals surface area contributed by atoms with Crippen LogP contribution in [0.2, 0.25) is 0 Å². The Hall–Kier alpha value is -1.40. The number of nitrogens with two attached hydrogens (primary N) is 1. The van der Waals surface area contributed by atoms with Gasteiger partial charge in [-0.2, -0.15) is 0 Å². The molecule has 0 heterocycles. The predicted octanol–water partition coefficient (Wildman–Crippen LogP) is 0.780. The van der Waals surface area contributed by atoms with Crippen LogP contribution in [0.5, 0.6) is 0 Å². The summed E-state index contributed by atoms with van der Waals surface area (Å²) < 4.78 is 22.6. The first-order valence-electron chi connectivity index (χ1n) is 5.36. The molecule has 0 saturated carbocycles. The molecule has 0 aliphatic heterocycles. The maximum absolute atomic E-state index is 11.3. The van der Waals surface area contributed by atoms with Crippen molar-refractivity contribution >= 4 is 15.8 Å². The van der Waals surface area contributed by atoms with Crippen molar-refractivity contribution in [3.05, 3.63) is 29.8 Å². The van der Waals surface area contributed by atoms with Crippen molar-refractivity contribution in [1.29, 1.82) is 0 Å². The van der Waals surface area contributed by atoms with E-state index in [4.69, 9.17) is 10.8 Å². The van der Waals surface area contributed by atoms with E-state index >= 15 is 0 Å². The first-order valence-corrected chi connectivity index (χ1v) is 7.25. The van der Waals surface area contributed by atoms with Gasteiger partial charge < -0.3 is 10.8 Å². The molecule has 0 amide bonds. The lowest BCUT2D eigenvalue weighted by Gasteiger charge is -2.29. The van der Waals surface area contributed by atoms with E-state index in [-0.39, 0.29) is 4.90 Å². The Morgan fingerprint density at radius 3 is 2.06 bits per heavy atom. The zero-order valence-electron chi connectivity index (χ0n) is 10.5. The van der Waals surface area contributed by atoms with Crippen LogP contribution in [0.1, 0.15) is 19.4 Å². The fourth-order valence-corrected chi connectivity index (χ4v) is 2.25. The fourth-order valence-electron chi connectivity index (χ4n) is 1.62. The van der Waals surface area contributed by atoms with Gasteiger partial charge in [0.05, 0.1) is 4.90 Å². The third-order valence-corrected chi connectivity index (χ3v) is 4.20. The van der Waals surface area contributed by atoms with Crippen molar-refractivity contribution in [2.24, 2.45) is 5.73 Å². The first-order chi connectivity index (χ1) is 8.06. The number of carboxylic acid groups (broad SMARTS) is 1. The number of rotatable bonds is 4. The summed E-state index contributed by atoms with van der Waals surface area (Å²) in [5, 5.41) is 8.94. The van der Waals surface area contributed by atoms with Gasteiger partial charge in [0, 0.05) is 11.7 Å². The Morgan fingerprint density at radius 1 is 1.28 bits per heavy atom. The van der Waals surface area contributed by atoms with Crippen LogP contribution in [0.3, 0.4) is 0 Å². The second-order valence-corrected chi connectivity index (χ2v) is 6.85. The van der Waals surface area contributed by atoms with E-state index in [1.165, 1.54) is 12.1 Å². The molecule has 5 nitrogen and oxygen atoms in total. The van der Waals surface area contributed by atoms with E-state index in [0.29, 0.717) is 5.56 Å². The summed E-state index contributed by atoms with van der Waals surface area (Å²) in [6.07, 6.45) is 1.12. The lowest BCUT2D eigenvalue weighted by molar-refractivity contribution is -0.140. The van der Waals surface area contributed by atoms with E-state index in [1.807, 2.05) is 0 Å². The van der Waals surface area contributed by atoms with Gasteiger partial charge in [0.1, 0.15) is 6.04 Å². The van der Waals surface area contributed by atoms with Gasteiger partial charge in [0.15, 0.2) is 9.84 Å². The molecule has 0 aliphatic rings. The highest BCUT2D eigenvalue weighted by Gasteiger charge is 2.33. The minimum absolute atomic E-state index is 0.200. The van der Waals surface area contributed by atoms with Crippen molar-refractivity contribution in [2.45, 2.75) is 30.2 Å². The molecule has 0 saturated heterocycles. The molecular weight excluding hydrogens is 254 g/mol. The van der Waals surface area contributed by atoms with E-state index in [9.17, 15) is 13.2 Å². The molecule has 1 rings (SSSR count). The predicted molar refractivity (Wildman–Crippen MR) is 68.2 cm³/mol. The molecule has 1 aromatic carbocycles. The topological polar surface area (TPSA) is 97.5 Å². The second kappa shape index (κ2) is 4.70.